The maximum Gasteiger partial charge on any atom is 0.315 e. The van der Waals surface area contributed by atoms with Gasteiger partial charge in [0.15, 0.2) is 0 Å². The molecule has 4 bridgehead atoms. The van der Waals surface area contributed by atoms with Crippen molar-refractivity contribution in [2.45, 2.75) is 130 Å². The van der Waals surface area contributed by atoms with Crippen LogP contribution in [-0.4, -0.2) is 128 Å². The molecule has 0 aromatic heterocycles. The van der Waals surface area contributed by atoms with Crippen molar-refractivity contribution in [3.63, 3.8) is 0 Å². The summed E-state index contributed by atoms with van der Waals surface area (Å²) >= 11 is 0. The van der Waals surface area contributed by atoms with E-state index in [4.69, 9.17) is 4.74 Å². The number of allylic oxidation sites excluding steroid dienone is 1. The normalized spacial score (nSPS) is 41.7. The number of carboxylic acid groups (broad SMARTS) is 1. The first-order valence-corrected chi connectivity index (χ1v) is 23.1. The number of piperazine rings is 1. The number of carbonyl (C=O) groups is 2. The van der Waals surface area contributed by atoms with Gasteiger partial charge in [0.05, 0.1) is 17.6 Å². The van der Waals surface area contributed by atoms with E-state index in [1.54, 1.807) is 0 Å². The quantitative estimate of drug-likeness (QED) is 0.133. The van der Waals surface area contributed by atoms with E-state index in [-0.39, 0.29) is 30.0 Å². The lowest BCUT2D eigenvalue weighted by molar-refractivity contribution is -0.197. The van der Waals surface area contributed by atoms with Gasteiger partial charge in [-0.2, -0.15) is 0 Å². The van der Waals surface area contributed by atoms with Crippen LogP contribution in [0.25, 0.3) is 0 Å². The van der Waals surface area contributed by atoms with E-state index >= 15 is 0 Å². The highest BCUT2D eigenvalue weighted by atomic mass is 16.5. The van der Waals surface area contributed by atoms with Crippen molar-refractivity contribution < 1.29 is 19.4 Å². The molecule has 304 valence electrons. The Hall–Kier alpha value is -1.32. The number of fused-ring (bicyclic) bond motifs is 2. The summed E-state index contributed by atoms with van der Waals surface area (Å²) in [5.41, 5.74) is -1.45. The van der Waals surface area contributed by atoms with E-state index in [0.717, 1.165) is 56.8 Å². The zero-order valence-electron chi connectivity index (χ0n) is 34.7. The predicted molar refractivity (Wildman–Crippen MR) is 215 cm³/mol. The lowest BCUT2D eigenvalue weighted by atomic mass is 9.41. The van der Waals surface area contributed by atoms with Crippen molar-refractivity contribution in [1.82, 2.24) is 19.6 Å². The van der Waals surface area contributed by atoms with Gasteiger partial charge in [0.1, 0.15) is 11.7 Å². The fraction of sp³-hybridized carbons (Fsp3) is 0.913. The lowest BCUT2D eigenvalue weighted by Crippen LogP contribution is -2.65. The first-order chi connectivity index (χ1) is 26.2. The predicted octanol–water partition coefficient (Wildman–Crippen LogP) is 7.08. The molecule has 8 nitrogen and oxygen atoms in total. The monoisotopic (exact) mass is 749 g/mol. The largest absolute Gasteiger partial charge is 0.481 e. The Morgan fingerprint density at radius 3 is 2.28 bits per heavy atom. The van der Waals surface area contributed by atoms with Crippen LogP contribution in [0.15, 0.2) is 11.6 Å². The first-order valence-electron chi connectivity index (χ1n) is 23.1. The van der Waals surface area contributed by atoms with Gasteiger partial charge in [-0.05, 0) is 126 Å². The molecule has 0 aromatic carbocycles. The molecular formula is C46H76N4O4. The molecule has 10 atom stereocenters. The molecule has 4 saturated carbocycles. The smallest absolute Gasteiger partial charge is 0.315 e. The van der Waals surface area contributed by atoms with E-state index in [9.17, 15) is 14.7 Å². The van der Waals surface area contributed by atoms with Gasteiger partial charge in [0, 0.05) is 51.2 Å². The summed E-state index contributed by atoms with van der Waals surface area (Å²) in [7, 11) is 0. The molecule has 1 N–H and O–H groups in total. The molecule has 3 heterocycles. The topological polar surface area (TPSA) is 76.6 Å². The van der Waals surface area contributed by atoms with E-state index in [0.29, 0.717) is 24.2 Å². The van der Waals surface area contributed by atoms with E-state index in [1.807, 2.05) is 0 Å². The van der Waals surface area contributed by atoms with Crippen molar-refractivity contribution in [1.29, 1.82) is 0 Å². The number of likely N-dealkylation sites (N-methyl/N-ethyl adjacent to an activating group) is 1. The van der Waals surface area contributed by atoms with Crippen LogP contribution >= 0.6 is 0 Å². The van der Waals surface area contributed by atoms with Crippen molar-refractivity contribution in [3.8, 4) is 0 Å². The minimum absolute atomic E-state index is 0.102. The van der Waals surface area contributed by atoms with Gasteiger partial charge in [-0.1, -0.05) is 77.9 Å². The Morgan fingerprint density at radius 1 is 0.944 bits per heavy atom. The molecule has 3 aliphatic heterocycles. The van der Waals surface area contributed by atoms with Crippen LogP contribution in [0.3, 0.4) is 0 Å². The summed E-state index contributed by atoms with van der Waals surface area (Å²) in [6, 6.07) is 0. The SMILES string of the molecule is CCN(CCCN1CCN(CCN2CCCCC2)CC1)CC1OC(C23C[C@@H]4[C@H](C)CC[C@H]4C4(C=O)CC2C=C(C(C)C)C34C(=O)O)CC1CC1CCCC1. The average molecular weight is 749 g/mol. The molecule has 0 radical (unpaired) electrons. The Labute approximate surface area is 328 Å². The van der Waals surface area contributed by atoms with E-state index < -0.39 is 22.2 Å². The number of carboxylic acids is 1. The highest BCUT2D eigenvalue weighted by Gasteiger charge is 2.86. The van der Waals surface area contributed by atoms with Crippen LogP contribution in [0, 0.1) is 57.7 Å². The van der Waals surface area contributed by atoms with Crippen LogP contribution in [-0.2, 0) is 14.3 Å². The highest BCUT2D eigenvalue weighted by molar-refractivity contribution is 5.90. The molecule has 0 aromatic rings. The molecular weight excluding hydrogens is 673 g/mol. The second-order valence-corrected chi connectivity index (χ2v) is 20.2. The van der Waals surface area contributed by atoms with Crippen LogP contribution < -0.4 is 0 Å². The number of hydrogen-bond donors (Lipinski definition) is 1. The maximum atomic E-state index is 14.3. The number of rotatable bonds is 16. The van der Waals surface area contributed by atoms with Gasteiger partial charge >= 0.3 is 5.97 Å². The molecule has 8 rings (SSSR count). The summed E-state index contributed by atoms with van der Waals surface area (Å²) in [6.45, 7) is 23.1. The summed E-state index contributed by atoms with van der Waals surface area (Å²) < 4.78 is 7.54. The number of ether oxygens (including phenoxy) is 1. The molecule has 8 heteroatoms. The summed E-state index contributed by atoms with van der Waals surface area (Å²) in [5, 5.41) is 11.7. The van der Waals surface area contributed by atoms with Gasteiger partial charge in [0.2, 0.25) is 0 Å². The van der Waals surface area contributed by atoms with Crippen LogP contribution in [0.5, 0.6) is 0 Å². The van der Waals surface area contributed by atoms with Crippen LogP contribution in [0.4, 0.5) is 0 Å². The van der Waals surface area contributed by atoms with Gasteiger partial charge in [0.25, 0.3) is 0 Å². The molecule has 7 unspecified atom stereocenters. The second kappa shape index (κ2) is 16.1. The number of piperidine rings is 1. The lowest BCUT2D eigenvalue weighted by Gasteiger charge is -2.60. The minimum atomic E-state index is -1.15. The van der Waals surface area contributed by atoms with Gasteiger partial charge < -0.3 is 29.3 Å². The zero-order chi connectivity index (χ0) is 37.7. The summed E-state index contributed by atoms with van der Waals surface area (Å²) in [4.78, 5) is 38.7. The summed E-state index contributed by atoms with van der Waals surface area (Å²) in [6.07, 6.45) is 20.2. The van der Waals surface area contributed by atoms with Crippen LogP contribution in [0.2, 0.25) is 0 Å². The minimum Gasteiger partial charge on any atom is -0.481 e. The Bertz CT molecular complexity index is 1350. The molecule has 5 aliphatic carbocycles. The standard InChI is InChI=1S/C46H76N4O4/c1-5-47(18-11-19-49-21-24-50(25-22-49)23-20-48-16-9-6-10-17-48)31-41-36(26-35-12-7-8-13-35)27-42(54-41)45-30-38-34(4)14-15-39(38)44(32-51)29-37(45)28-40(33(2)3)46(44,45)43(52)53/h28,32-39,41-42H,5-27,29-31H2,1-4H3,(H,52,53)/t34-,36?,37?,38-,39-,41?,42?,44?,45?,46?/m1/s1. The van der Waals surface area contributed by atoms with Gasteiger partial charge in [-0.3, -0.25) is 9.69 Å². The molecule has 0 amide bonds. The molecule has 54 heavy (non-hydrogen) atoms. The third-order valence-electron chi connectivity index (χ3n) is 17.5. The Balaban J connectivity index is 0.962. The third-order valence-corrected chi connectivity index (χ3v) is 17.5. The Morgan fingerprint density at radius 2 is 1.63 bits per heavy atom. The van der Waals surface area contributed by atoms with E-state index in [2.05, 4.69) is 53.4 Å². The van der Waals surface area contributed by atoms with Crippen LogP contribution in [0.1, 0.15) is 118 Å². The molecule has 3 saturated heterocycles. The number of nitrogens with zero attached hydrogens (tertiary/aromatic N) is 4. The number of hydrogen-bond acceptors (Lipinski definition) is 7. The fourth-order valence-electron chi connectivity index (χ4n) is 15.0. The third kappa shape index (κ3) is 6.50. The number of likely N-dealkylation sites (tertiary alicyclic amines) is 1. The highest BCUT2D eigenvalue weighted by Crippen LogP contribution is 2.84. The van der Waals surface area contributed by atoms with Gasteiger partial charge in [-0.25, -0.2) is 0 Å². The second-order valence-electron chi connectivity index (χ2n) is 20.2. The number of aliphatic carboxylic acids is 1. The Kier molecular flexibility index (Phi) is 11.8. The van der Waals surface area contributed by atoms with Crippen molar-refractivity contribution >= 4 is 12.3 Å². The fourth-order valence-corrected chi connectivity index (χ4v) is 15.0. The summed E-state index contributed by atoms with van der Waals surface area (Å²) in [5.74, 6) is 1.82. The van der Waals surface area contributed by atoms with E-state index in [1.165, 1.54) is 123 Å². The van der Waals surface area contributed by atoms with Gasteiger partial charge in [-0.15, -0.1) is 0 Å². The molecule has 0 spiro atoms. The number of aldehydes is 1. The maximum absolute atomic E-state index is 14.3. The average Bonchev–Trinajstić information content (AvgIpc) is 4.00. The number of carbonyl (C=O) groups excluding carboxylic acids is 1. The molecule has 8 aliphatic rings. The zero-order valence-corrected chi connectivity index (χ0v) is 34.7. The van der Waals surface area contributed by atoms with Crippen molar-refractivity contribution in [2.75, 3.05) is 78.5 Å². The van der Waals surface area contributed by atoms with Crippen molar-refractivity contribution in [3.05, 3.63) is 11.6 Å². The first kappa shape index (κ1) is 39.5. The van der Waals surface area contributed by atoms with Crippen molar-refractivity contribution in [2.24, 2.45) is 57.7 Å². The molecule has 7 fully saturated rings.